The molecular formula is C6H4N4O. The molecule has 0 atom stereocenters. The number of hydrogen-bond acceptors (Lipinski definition) is 4. The van der Waals surface area contributed by atoms with Gasteiger partial charge in [-0.3, -0.25) is 4.79 Å². The van der Waals surface area contributed by atoms with E-state index in [1.165, 1.54) is 10.8 Å². The maximum atomic E-state index is 10.3. The van der Waals surface area contributed by atoms with Crippen molar-refractivity contribution in [2.45, 2.75) is 0 Å². The van der Waals surface area contributed by atoms with Crippen LogP contribution in [-0.4, -0.2) is 26.1 Å². The Morgan fingerprint density at radius 2 is 2.36 bits per heavy atom. The molecule has 0 amide bonds. The van der Waals surface area contributed by atoms with E-state index in [0.29, 0.717) is 17.6 Å². The molecule has 0 unspecified atom stereocenters. The predicted octanol–water partition coefficient (Wildman–Crippen LogP) is -0.0632. The van der Waals surface area contributed by atoms with Crippen molar-refractivity contribution >= 4 is 11.9 Å². The third-order valence-corrected chi connectivity index (χ3v) is 1.30. The molecule has 2 aromatic rings. The van der Waals surface area contributed by atoms with Gasteiger partial charge in [0.05, 0.1) is 0 Å². The summed E-state index contributed by atoms with van der Waals surface area (Å²) >= 11 is 0. The molecule has 0 fully saturated rings. The lowest BCUT2D eigenvalue weighted by molar-refractivity contribution is 0.111. The number of aromatic nitrogens is 4. The van der Waals surface area contributed by atoms with Gasteiger partial charge in [-0.15, -0.1) is 10.2 Å². The van der Waals surface area contributed by atoms with Crippen LogP contribution >= 0.6 is 0 Å². The van der Waals surface area contributed by atoms with Crippen LogP contribution in [0.25, 0.3) is 5.65 Å². The SMILES string of the molecule is O=Cc1ccc2nncn2n1. The number of aldehydes is 1. The summed E-state index contributed by atoms with van der Waals surface area (Å²) < 4.78 is 1.45. The van der Waals surface area contributed by atoms with Crippen molar-refractivity contribution in [3.63, 3.8) is 0 Å². The van der Waals surface area contributed by atoms with E-state index in [-0.39, 0.29) is 0 Å². The van der Waals surface area contributed by atoms with E-state index in [1.807, 2.05) is 0 Å². The summed E-state index contributed by atoms with van der Waals surface area (Å²) in [6.07, 6.45) is 2.13. The Balaban J connectivity index is 2.76. The average Bonchev–Trinajstić information content (AvgIpc) is 2.50. The number of carbonyl (C=O) groups excluding carboxylic acids is 1. The van der Waals surface area contributed by atoms with Gasteiger partial charge >= 0.3 is 0 Å². The minimum atomic E-state index is 0.373. The highest BCUT2D eigenvalue weighted by atomic mass is 16.1. The Kier molecular flexibility index (Phi) is 1.15. The molecule has 0 aliphatic rings. The highest BCUT2D eigenvalue weighted by Crippen LogP contribution is 1.95. The minimum absolute atomic E-state index is 0.373. The summed E-state index contributed by atoms with van der Waals surface area (Å²) in [4.78, 5) is 10.3. The van der Waals surface area contributed by atoms with Gasteiger partial charge in [0.25, 0.3) is 0 Å². The zero-order chi connectivity index (χ0) is 7.68. The quantitative estimate of drug-likeness (QED) is 0.531. The standard InChI is InChI=1S/C6H4N4O/c11-3-5-1-2-6-8-7-4-10(6)9-5/h1-4H. The number of fused-ring (bicyclic) bond motifs is 1. The summed E-state index contributed by atoms with van der Waals surface area (Å²) in [6.45, 7) is 0. The Hall–Kier alpha value is -1.78. The zero-order valence-electron chi connectivity index (χ0n) is 5.51. The second kappa shape index (κ2) is 2.12. The van der Waals surface area contributed by atoms with Gasteiger partial charge in [-0.25, -0.2) is 0 Å². The molecule has 0 N–H and O–H groups in total. The first-order valence-corrected chi connectivity index (χ1v) is 3.02. The van der Waals surface area contributed by atoms with Crippen molar-refractivity contribution in [3.05, 3.63) is 24.2 Å². The monoisotopic (exact) mass is 148 g/mol. The van der Waals surface area contributed by atoms with Gasteiger partial charge in [-0.05, 0) is 12.1 Å². The van der Waals surface area contributed by atoms with E-state index >= 15 is 0 Å². The number of carbonyl (C=O) groups is 1. The van der Waals surface area contributed by atoms with Crippen LogP contribution in [0.3, 0.4) is 0 Å². The van der Waals surface area contributed by atoms with Crippen molar-refractivity contribution < 1.29 is 4.79 Å². The van der Waals surface area contributed by atoms with Gasteiger partial charge in [-0.1, -0.05) is 0 Å². The second-order valence-electron chi connectivity index (χ2n) is 2.01. The van der Waals surface area contributed by atoms with Gasteiger partial charge in [0.15, 0.2) is 11.9 Å². The first kappa shape index (κ1) is 5.96. The Morgan fingerprint density at radius 3 is 3.18 bits per heavy atom. The lowest BCUT2D eigenvalue weighted by Gasteiger charge is -1.89. The number of rotatable bonds is 1. The van der Waals surface area contributed by atoms with E-state index < -0.39 is 0 Å². The predicted molar refractivity (Wildman–Crippen MR) is 36.2 cm³/mol. The van der Waals surface area contributed by atoms with E-state index in [4.69, 9.17) is 0 Å². The van der Waals surface area contributed by atoms with Gasteiger partial charge in [-0.2, -0.15) is 9.61 Å². The van der Waals surface area contributed by atoms with Crippen LogP contribution in [0, 0.1) is 0 Å². The largest absolute Gasteiger partial charge is 0.296 e. The number of nitrogens with zero attached hydrogens (tertiary/aromatic N) is 4. The molecule has 0 aliphatic heterocycles. The Morgan fingerprint density at radius 1 is 1.45 bits per heavy atom. The van der Waals surface area contributed by atoms with Crippen LogP contribution in [0.4, 0.5) is 0 Å². The maximum absolute atomic E-state index is 10.3. The fourth-order valence-corrected chi connectivity index (χ4v) is 0.806. The summed E-state index contributed by atoms with van der Waals surface area (Å²) in [6, 6.07) is 3.28. The van der Waals surface area contributed by atoms with Crippen molar-refractivity contribution in [1.82, 2.24) is 19.8 Å². The molecule has 0 spiro atoms. The summed E-state index contributed by atoms with van der Waals surface area (Å²) in [5.74, 6) is 0. The Bertz CT molecular complexity index is 394. The minimum Gasteiger partial charge on any atom is -0.296 e. The highest BCUT2D eigenvalue weighted by molar-refractivity contribution is 5.71. The third kappa shape index (κ3) is 0.861. The molecule has 0 aliphatic carbocycles. The lowest BCUT2D eigenvalue weighted by atomic mass is 10.4. The molecule has 0 saturated carbocycles. The Labute approximate surface area is 61.7 Å². The van der Waals surface area contributed by atoms with Crippen molar-refractivity contribution in [2.24, 2.45) is 0 Å². The summed E-state index contributed by atoms with van der Waals surface area (Å²) in [7, 11) is 0. The molecule has 54 valence electrons. The third-order valence-electron chi connectivity index (χ3n) is 1.30. The molecule has 2 heterocycles. The zero-order valence-corrected chi connectivity index (χ0v) is 5.51. The van der Waals surface area contributed by atoms with Gasteiger partial charge < -0.3 is 0 Å². The van der Waals surface area contributed by atoms with Crippen LogP contribution < -0.4 is 0 Å². The van der Waals surface area contributed by atoms with Gasteiger partial charge in [0, 0.05) is 0 Å². The van der Waals surface area contributed by atoms with Crippen molar-refractivity contribution in [3.8, 4) is 0 Å². The van der Waals surface area contributed by atoms with Gasteiger partial charge in [0.2, 0.25) is 0 Å². The molecule has 0 bridgehead atoms. The molecule has 2 aromatic heterocycles. The van der Waals surface area contributed by atoms with Crippen LogP contribution in [0.15, 0.2) is 18.5 Å². The molecule has 11 heavy (non-hydrogen) atoms. The molecule has 0 saturated heterocycles. The van der Waals surface area contributed by atoms with E-state index in [2.05, 4.69) is 15.3 Å². The van der Waals surface area contributed by atoms with Crippen LogP contribution in [0.1, 0.15) is 10.5 Å². The average molecular weight is 148 g/mol. The van der Waals surface area contributed by atoms with E-state index in [9.17, 15) is 4.79 Å². The van der Waals surface area contributed by atoms with Crippen LogP contribution in [0.2, 0.25) is 0 Å². The molecule has 2 rings (SSSR count). The molecule has 5 nitrogen and oxygen atoms in total. The molecule has 0 aromatic carbocycles. The summed E-state index contributed by atoms with van der Waals surface area (Å²) in [5, 5.41) is 11.2. The lowest BCUT2D eigenvalue weighted by Crippen LogP contribution is -1.94. The van der Waals surface area contributed by atoms with Crippen LogP contribution in [-0.2, 0) is 0 Å². The first-order chi connectivity index (χ1) is 5.40. The van der Waals surface area contributed by atoms with E-state index in [1.54, 1.807) is 12.1 Å². The topological polar surface area (TPSA) is 60.2 Å². The smallest absolute Gasteiger partial charge is 0.177 e. The van der Waals surface area contributed by atoms with Crippen molar-refractivity contribution in [2.75, 3.05) is 0 Å². The van der Waals surface area contributed by atoms with Gasteiger partial charge in [0.1, 0.15) is 12.0 Å². The fraction of sp³-hybridized carbons (Fsp3) is 0. The normalized spacial score (nSPS) is 10.2. The number of hydrogen-bond donors (Lipinski definition) is 0. The second-order valence-corrected chi connectivity index (χ2v) is 2.01. The molecular weight excluding hydrogens is 144 g/mol. The van der Waals surface area contributed by atoms with Crippen molar-refractivity contribution in [1.29, 1.82) is 0 Å². The summed E-state index contributed by atoms with van der Waals surface area (Å²) in [5.41, 5.74) is 1.01. The molecule has 0 radical (unpaired) electrons. The first-order valence-electron chi connectivity index (χ1n) is 3.02. The highest BCUT2D eigenvalue weighted by Gasteiger charge is 1.96. The maximum Gasteiger partial charge on any atom is 0.177 e. The molecule has 5 heteroatoms. The fourth-order valence-electron chi connectivity index (χ4n) is 0.806. The van der Waals surface area contributed by atoms with Crippen LogP contribution in [0.5, 0.6) is 0 Å². The van der Waals surface area contributed by atoms with E-state index in [0.717, 1.165) is 0 Å².